The van der Waals surface area contributed by atoms with E-state index in [2.05, 4.69) is 0 Å². The first-order valence-electron chi connectivity index (χ1n) is 9.68. The van der Waals surface area contributed by atoms with E-state index >= 15 is 0 Å². The van der Waals surface area contributed by atoms with Gasteiger partial charge in [-0.2, -0.15) is 0 Å². The number of aliphatic hydroxyl groups excluding tert-OH is 1. The van der Waals surface area contributed by atoms with Crippen LogP contribution in [0.25, 0.3) is 5.76 Å². The molecule has 0 radical (unpaired) electrons. The normalized spacial score (nSPS) is 14.8. The minimum absolute atomic E-state index is 0.0493. The van der Waals surface area contributed by atoms with Gasteiger partial charge in [-0.1, -0.05) is 18.2 Å². The number of ether oxygens (including phenoxy) is 3. The van der Waals surface area contributed by atoms with E-state index in [-0.39, 0.29) is 18.1 Å². The lowest BCUT2D eigenvalue weighted by Gasteiger charge is -2.24. The van der Waals surface area contributed by atoms with Gasteiger partial charge < -0.3 is 19.3 Å². The van der Waals surface area contributed by atoms with Gasteiger partial charge in [0.15, 0.2) is 0 Å². The average molecular weight is 419 g/mol. The SMILES string of the molecule is COc1ccc([C@H]2C=C(O)c3ccccc3O2)cc1COc1ccc([N+](=O)[O-])c(C)c1. The maximum atomic E-state index is 11.0. The smallest absolute Gasteiger partial charge is 0.272 e. The van der Waals surface area contributed by atoms with E-state index in [1.165, 1.54) is 6.07 Å². The molecule has 7 nitrogen and oxygen atoms in total. The van der Waals surface area contributed by atoms with Gasteiger partial charge in [0.25, 0.3) is 5.69 Å². The summed E-state index contributed by atoms with van der Waals surface area (Å²) in [4.78, 5) is 10.6. The van der Waals surface area contributed by atoms with Crippen LogP contribution < -0.4 is 14.2 Å². The molecule has 1 N–H and O–H groups in total. The van der Waals surface area contributed by atoms with Crippen LogP contribution >= 0.6 is 0 Å². The second-order valence-corrected chi connectivity index (χ2v) is 7.15. The summed E-state index contributed by atoms with van der Waals surface area (Å²) in [6, 6.07) is 17.6. The van der Waals surface area contributed by atoms with E-state index in [9.17, 15) is 15.2 Å². The molecule has 3 aromatic carbocycles. The van der Waals surface area contributed by atoms with E-state index in [4.69, 9.17) is 14.2 Å². The third-order valence-electron chi connectivity index (χ3n) is 5.12. The lowest BCUT2D eigenvalue weighted by Crippen LogP contribution is -2.12. The summed E-state index contributed by atoms with van der Waals surface area (Å²) in [5.74, 6) is 1.95. The number of fused-ring (bicyclic) bond motifs is 1. The monoisotopic (exact) mass is 419 g/mol. The summed E-state index contributed by atoms with van der Waals surface area (Å²) in [6.45, 7) is 1.87. The molecule has 0 fully saturated rings. The quantitative estimate of drug-likeness (QED) is 0.418. The summed E-state index contributed by atoms with van der Waals surface area (Å²) in [7, 11) is 1.58. The molecule has 0 saturated carbocycles. The molecule has 0 aliphatic carbocycles. The molecular weight excluding hydrogens is 398 g/mol. The Kier molecular flexibility index (Phi) is 5.49. The molecule has 1 atom stereocenters. The third-order valence-corrected chi connectivity index (χ3v) is 5.12. The molecule has 3 aromatic rings. The van der Waals surface area contributed by atoms with Gasteiger partial charge in [-0.3, -0.25) is 10.1 Å². The number of rotatable bonds is 6. The Morgan fingerprint density at radius 3 is 2.68 bits per heavy atom. The average Bonchev–Trinajstić information content (AvgIpc) is 2.77. The van der Waals surface area contributed by atoms with Crippen LogP contribution in [-0.2, 0) is 6.61 Å². The molecule has 4 rings (SSSR count). The van der Waals surface area contributed by atoms with Crippen molar-refractivity contribution in [3.05, 3.63) is 99.1 Å². The molecule has 0 saturated heterocycles. The molecule has 1 aliphatic heterocycles. The number of hydrogen-bond acceptors (Lipinski definition) is 6. The van der Waals surface area contributed by atoms with Crippen LogP contribution in [0, 0.1) is 17.0 Å². The van der Waals surface area contributed by atoms with E-state index < -0.39 is 11.0 Å². The highest BCUT2D eigenvalue weighted by Gasteiger charge is 2.22. The first-order valence-corrected chi connectivity index (χ1v) is 9.68. The fourth-order valence-electron chi connectivity index (χ4n) is 3.52. The zero-order valence-corrected chi connectivity index (χ0v) is 17.1. The number of methoxy groups -OCH3 is 1. The third kappa shape index (κ3) is 4.16. The highest BCUT2D eigenvalue weighted by Crippen LogP contribution is 2.37. The Bertz CT molecular complexity index is 1170. The van der Waals surface area contributed by atoms with Crippen molar-refractivity contribution in [1.82, 2.24) is 0 Å². The Hall–Kier alpha value is -4.00. The standard InChI is InChI=1S/C24H21NO6/c1-15-11-18(8-9-20(15)25(27)28)30-14-17-12-16(7-10-22(17)29-2)24-13-21(26)19-5-3-4-6-23(19)31-24/h3-13,24,26H,14H2,1-2H3/t24-/m1/s1. The van der Waals surface area contributed by atoms with Crippen molar-refractivity contribution in [3.63, 3.8) is 0 Å². The maximum absolute atomic E-state index is 11.0. The summed E-state index contributed by atoms with van der Waals surface area (Å²) in [6.07, 6.45) is 1.20. The number of hydrogen-bond donors (Lipinski definition) is 1. The molecular formula is C24H21NO6. The van der Waals surface area contributed by atoms with Gasteiger partial charge in [-0.05, 0) is 48.9 Å². The molecule has 0 amide bonds. The van der Waals surface area contributed by atoms with E-state index in [1.54, 1.807) is 38.3 Å². The lowest BCUT2D eigenvalue weighted by molar-refractivity contribution is -0.385. The lowest BCUT2D eigenvalue weighted by atomic mass is 10.0. The maximum Gasteiger partial charge on any atom is 0.272 e. The van der Waals surface area contributed by atoms with Crippen molar-refractivity contribution < 1.29 is 24.2 Å². The highest BCUT2D eigenvalue weighted by atomic mass is 16.6. The van der Waals surface area contributed by atoms with Crippen LogP contribution in [0.1, 0.15) is 28.4 Å². The fourth-order valence-corrected chi connectivity index (χ4v) is 3.52. The van der Waals surface area contributed by atoms with Crippen molar-refractivity contribution >= 4 is 11.4 Å². The minimum Gasteiger partial charge on any atom is -0.507 e. The van der Waals surface area contributed by atoms with E-state index in [0.717, 1.165) is 11.1 Å². The van der Waals surface area contributed by atoms with Crippen LogP contribution in [0.3, 0.4) is 0 Å². The van der Waals surface area contributed by atoms with Gasteiger partial charge in [-0.15, -0.1) is 0 Å². The number of nitro groups is 1. The first-order chi connectivity index (χ1) is 15.0. The second kappa shape index (κ2) is 8.39. The Morgan fingerprint density at radius 2 is 1.94 bits per heavy atom. The second-order valence-electron chi connectivity index (χ2n) is 7.15. The van der Waals surface area contributed by atoms with Crippen LogP contribution in [0.2, 0.25) is 0 Å². The van der Waals surface area contributed by atoms with Gasteiger partial charge in [-0.25, -0.2) is 0 Å². The number of aliphatic hydroxyl groups is 1. The van der Waals surface area contributed by atoms with Crippen LogP contribution in [-0.4, -0.2) is 17.1 Å². The molecule has 7 heteroatoms. The molecule has 0 spiro atoms. The summed E-state index contributed by atoms with van der Waals surface area (Å²) < 4.78 is 17.4. The predicted octanol–water partition coefficient (Wildman–Crippen LogP) is 5.52. The molecule has 0 aromatic heterocycles. The predicted molar refractivity (Wildman–Crippen MR) is 116 cm³/mol. The molecule has 1 heterocycles. The first kappa shape index (κ1) is 20.3. The molecule has 31 heavy (non-hydrogen) atoms. The van der Waals surface area contributed by atoms with Crippen LogP contribution in [0.5, 0.6) is 17.2 Å². The zero-order valence-electron chi connectivity index (χ0n) is 17.1. The Morgan fingerprint density at radius 1 is 1.13 bits per heavy atom. The van der Waals surface area contributed by atoms with Crippen LogP contribution in [0.4, 0.5) is 5.69 Å². The van der Waals surface area contributed by atoms with Crippen molar-refractivity contribution in [2.24, 2.45) is 0 Å². The van der Waals surface area contributed by atoms with Crippen molar-refractivity contribution in [2.45, 2.75) is 19.6 Å². The number of para-hydroxylation sites is 1. The number of nitrogens with zero attached hydrogens (tertiary/aromatic N) is 1. The Labute approximate surface area is 179 Å². The van der Waals surface area contributed by atoms with Crippen molar-refractivity contribution in [3.8, 4) is 17.2 Å². The summed E-state index contributed by atoms with van der Waals surface area (Å²) in [5.41, 5.74) is 2.85. The van der Waals surface area contributed by atoms with E-state index in [1.807, 2.05) is 36.4 Å². The highest BCUT2D eigenvalue weighted by molar-refractivity contribution is 5.67. The topological polar surface area (TPSA) is 91.1 Å². The van der Waals surface area contributed by atoms with E-state index in [0.29, 0.717) is 28.4 Å². The summed E-state index contributed by atoms with van der Waals surface area (Å²) in [5, 5.41) is 21.4. The zero-order chi connectivity index (χ0) is 22.0. The molecule has 158 valence electrons. The number of nitro benzene ring substituents is 1. The van der Waals surface area contributed by atoms with Gasteiger partial charge in [0.2, 0.25) is 0 Å². The molecule has 0 unspecified atom stereocenters. The van der Waals surface area contributed by atoms with Crippen LogP contribution in [0.15, 0.2) is 66.7 Å². The minimum atomic E-state index is -0.457. The molecule has 0 bridgehead atoms. The largest absolute Gasteiger partial charge is 0.507 e. The Balaban J connectivity index is 1.57. The number of benzene rings is 3. The summed E-state index contributed by atoms with van der Waals surface area (Å²) >= 11 is 0. The van der Waals surface area contributed by atoms with Gasteiger partial charge >= 0.3 is 0 Å². The number of aryl methyl sites for hydroxylation is 1. The fraction of sp³-hybridized carbons (Fsp3) is 0.167. The van der Waals surface area contributed by atoms with Gasteiger partial charge in [0.05, 0.1) is 17.6 Å². The van der Waals surface area contributed by atoms with Crippen molar-refractivity contribution in [1.29, 1.82) is 0 Å². The molecule has 1 aliphatic rings. The van der Waals surface area contributed by atoms with Crippen molar-refractivity contribution in [2.75, 3.05) is 7.11 Å². The van der Waals surface area contributed by atoms with Gasteiger partial charge in [0, 0.05) is 23.3 Å². The van der Waals surface area contributed by atoms with Gasteiger partial charge in [0.1, 0.15) is 35.7 Å².